The van der Waals surface area contributed by atoms with Crippen LogP contribution in [0.2, 0.25) is 0 Å². The van der Waals surface area contributed by atoms with Crippen LogP contribution < -0.4 is 5.73 Å². The average molecular weight is 362 g/mol. The minimum absolute atomic E-state index is 0.415. The maximum absolute atomic E-state index is 12.8. The van der Waals surface area contributed by atoms with Crippen LogP contribution in [0.1, 0.15) is 39.0 Å². The largest absolute Gasteiger partial charge is 0.444 e. The van der Waals surface area contributed by atoms with Gasteiger partial charge in [-0.2, -0.15) is 0 Å². The van der Waals surface area contributed by atoms with Gasteiger partial charge in [0.2, 0.25) is 6.10 Å². The van der Waals surface area contributed by atoms with Gasteiger partial charge in [-0.05, 0) is 38.5 Å². The second-order valence-corrected chi connectivity index (χ2v) is 6.51. The van der Waals surface area contributed by atoms with Crippen LogP contribution in [-0.2, 0) is 9.53 Å². The summed E-state index contributed by atoms with van der Waals surface area (Å²) in [6, 6.07) is 18.5. The van der Waals surface area contributed by atoms with Gasteiger partial charge in [0, 0.05) is 22.6 Å². The van der Waals surface area contributed by atoms with Crippen LogP contribution in [-0.4, -0.2) is 16.4 Å². The molecule has 0 fully saturated rings. The van der Waals surface area contributed by atoms with Gasteiger partial charge in [0.25, 0.3) is 5.91 Å². The van der Waals surface area contributed by atoms with Gasteiger partial charge in [-0.1, -0.05) is 48.5 Å². The van der Waals surface area contributed by atoms with Crippen LogP contribution in [0.15, 0.2) is 60.7 Å². The number of benzene rings is 2. The summed E-state index contributed by atoms with van der Waals surface area (Å²) in [5.74, 6) is -1.28. The molecule has 1 heterocycles. The number of aromatic nitrogens is 1. The van der Waals surface area contributed by atoms with Gasteiger partial charge in [0.1, 0.15) is 0 Å². The number of nitrogens with two attached hydrogens (primary N) is 1. The maximum Gasteiger partial charge on any atom is 0.341 e. The molecular formula is C22H22N2O3. The molecule has 1 unspecified atom stereocenters. The molecule has 1 aromatic heterocycles. The van der Waals surface area contributed by atoms with E-state index in [0.717, 1.165) is 22.6 Å². The van der Waals surface area contributed by atoms with Crippen molar-refractivity contribution in [2.45, 2.75) is 26.9 Å². The van der Waals surface area contributed by atoms with E-state index >= 15 is 0 Å². The average Bonchev–Trinajstić information content (AvgIpc) is 2.95. The van der Waals surface area contributed by atoms with Gasteiger partial charge in [-0.3, -0.25) is 4.79 Å². The molecular weight excluding hydrogens is 340 g/mol. The molecule has 5 nitrogen and oxygen atoms in total. The number of rotatable bonds is 5. The first kappa shape index (κ1) is 18.5. The molecule has 1 atom stereocenters. The zero-order valence-corrected chi connectivity index (χ0v) is 15.6. The lowest BCUT2D eigenvalue weighted by molar-refractivity contribution is -0.127. The van der Waals surface area contributed by atoms with Gasteiger partial charge in [0.15, 0.2) is 0 Å². The zero-order valence-electron chi connectivity index (χ0n) is 15.6. The number of esters is 1. The van der Waals surface area contributed by atoms with Crippen molar-refractivity contribution in [3.8, 4) is 5.69 Å². The molecule has 0 saturated carbocycles. The monoisotopic (exact) mass is 362 g/mol. The second-order valence-electron chi connectivity index (χ2n) is 6.51. The highest BCUT2D eigenvalue weighted by molar-refractivity contribution is 5.94. The van der Waals surface area contributed by atoms with E-state index in [2.05, 4.69) is 0 Å². The highest BCUT2D eigenvalue weighted by Crippen LogP contribution is 2.26. The van der Waals surface area contributed by atoms with Crippen molar-refractivity contribution in [3.63, 3.8) is 0 Å². The predicted octanol–water partition coefficient (Wildman–Crippen LogP) is 3.79. The fourth-order valence-electron chi connectivity index (χ4n) is 3.24. The Balaban J connectivity index is 1.95. The van der Waals surface area contributed by atoms with Crippen molar-refractivity contribution >= 4 is 11.9 Å². The number of para-hydroxylation sites is 1. The van der Waals surface area contributed by atoms with Crippen LogP contribution in [0.5, 0.6) is 0 Å². The Morgan fingerprint density at radius 3 is 2.22 bits per heavy atom. The van der Waals surface area contributed by atoms with E-state index in [4.69, 9.17) is 10.5 Å². The summed E-state index contributed by atoms with van der Waals surface area (Å²) < 4.78 is 7.48. The summed E-state index contributed by atoms with van der Waals surface area (Å²) in [5, 5.41) is 0. The molecule has 3 rings (SSSR count). The number of aryl methyl sites for hydroxylation is 2. The van der Waals surface area contributed by atoms with E-state index < -0.39 is 18.0 Å². The smallest absolute Gasteiger partial charge is 0.341 e. The van der Waals surface area contributed by atoms with Gasteiger partial charge in [0.05, 0.1) is 5.56 Å². The second kappa shape index (κ2) is 7.50. The van der Waals surface area contributed by atoms with Crippen LogP contribution in [0.25, 0.3) is 5.69 Å². The molecule has 1 amide bonds. The number of nitrogens with zero attached hydrogens (tertiary/aromatic N) is 1. The van der Waals surface area contributed by atoms with Crippen molar-refractivity contribution in [2.24, 2.45) is 5.73 Å². The lowest BCUT2D eigenvalue weighted by Gasteiger charge is -2.15. The molecule has 0 spiro atoms. The van der Waals surface area contributed by atoms with Crippen LogP contribution >= 0.6 is 0 Å². The molecule has 0 aliphatic carbocycles. The SMILES string of the molecule is Cc1ccccc1-n1c(C)cc(C(=O)OC(C(N)=O)c2ccccc2)c1C. The lowest BCUT2D eigenvalue weighted by Crippen LogP contribution is -2.26. The predicted molar refractivity (Wildman–Crippen MR) is 104 cm³/mol. The summed E-state index contributed by atoms with van der Waals surface area (Å²) in [4.78, 5) is 24.6. The minimum atomic E-state index is -1.12. The summed E-state index contributed by atoms with van der Waals surface area (Å²) in [6.45, 7) is 5.81. The standard InChI is InChI=1S/C22H22N2O3/c1-14-9-7-8-12-19(14)24-15(2)13-18(16(24)3)22(26)27-20(21(23)25)17-10-5-4-6-11-17/h4-13,20H,1-3H3,(H2,23,25). The quantitative estimate of drug-likeness (QED) is 0.702. The van der Waals surface area contributed by atoms with Crippen molar-refractivity contribution in [2.75, 3.05) is 0 Å². The summed E-state index contributed by atoms with van der Waals surface area (Å²) in [7, 11) is 0. The third-order valence-electron chi connectivity index (χ3n) is 4.59. The van der Waals surface area contributed by atoms with E-state index in [-0.39, 0.29) is 0 Å². The maximum atomic E-state index is 12.8. The number of ether oxygens (including phenoxy) is 1. The molecule has 0 bridgehead atoms. The number of carbonyl (C=O) groups excluding carboxylic acids is 2. The summed E-state index contributed by atoms with van der Waals surface area (Å²) in [5.41, 5.74) is 10.2. The van der Waals surface area contributed by atoms with Gasteiger partial charge in [-0.25, -0.2) is 4.79 Å². The number of amides is 1. The fraction of sp³-hybridized carbons (Fsp3) is 0.182. The fourth-order valence-corrected chi connectivity index (χ4v) is 3.24. The number of hydrogen-bond acceptors (Lipinski definition) is 3. The first-order valence-electron chi connectivity index (χ1n) is 8.70. The van der Waals surface area contributed by atoms with Crippen molar-refractivity contribution in [1.29, 1.82) is 0 Å². The molecule has 2 aromatic carbocycles. The highest BCUT2D eigenvalue weighted by atomic mass is 16.5. The summed E-state index contributed by atoms with van der Waals surface area (Å²) in [6.07, 6.45) is -1.12. The van der Waals surface area contributed by atoms with Crippen LogP contribution in [0.4, 0.5) is 0 Å². The van der Waals surface area contributed by atoms with Crippen molar-refractivity contribution in [1.82, 2.24) is 4.57 Å². The van der Waals surface area contributed by atoms with Crippen molar-refractivity contribution < 1.29 is 14.3 Å². The third kappa shape index (κ3) is 3.62. The van der Waals surface area contributed by atoms with Crippen LogP contribution in [0.3, 0.4) is 0 Å². The lowest BCUT2D eigenvalue weighted by atomic mass is 10.1. The summed E-state index contributed by atoms with van der Waals surface area (Å²) >= 11 is 0. The molecule has 138 valence electrons. The van der Waals surface area contributed by atoms with Crippen LogP contribution in [0, 0.1) is 20.8 Å². The Labute approximate surface area is 158 Å². The van der Waals surface area contributed by atoms with Gasteiger partial charge >= 0.3 is 5.97 Å². The Morgan fingerprint density at radius 1 is 0.963 bits per heavy atom. The zero-order chi connectivity index (χ0) is 19.6. The Kier molecular flexibility index (Phi) is 5.12. The molecule has 0 saturated heterocycles. The van der Waals surface area contributed by atoms with Gasteiger partial charge in [-0.15, -0.1) is 0 Å². The Morgan fingerprint density at radius 2 is 1.59 bits per heavy atom. The highest BCUT2D eigenvalue weighted by Gasteiger charge is 2.26. The van der Waals surface area contributed by atoms with E-state index in [0.29, 0.717) is 11.1 Å². The Hall–Kier alpha value is -3.34. The molecule has 0 aliphatic rings. The molecule has 5 heteroatoms. The molecule has 0 aliphatic heterocycles. The van der Waals surface area contributed by atoms with E-state index in [9.17, 15) is 9.59 Å². The number of primary amides is 1. The molecule has 2 N–H and O–H groups in total. The van der Waals surface area contributed by atoms with E-state index in [1.807, 2.05) is 55.7 Å². The number of hydrogen-bond donors (Lipinski definition) is 1. The number of carbonyl (C=O) groups is 2. The first-order chi connectivity index (χ1) is 12.9. The van der Waals surface area contributed by atoms with E-state index in [1.165, 1.54) is 0 Å². The normalized spacial score (nSPS) is 11.8. The topological polar surface area (TPSA) is 74.3 Å². The molecule has 3 aromatic rings. The van der Waals surface area contributed by atoms with E-state index in [1.54, 1.807) is 30.3 Å². The minimum Gasteiger partial charge on any atom is -0.444 e. The van der Waals surface area contributed by atoms with Crippen molar-refractivity contribution in [3.05, 3.63) is 88.7 Å². The first-order valence-corrected chi connectivity index (χ1v) is 8.70. The molecule has 0 radical (unpaired) electrons. The third-order valence-corrected chi connectivity index (χ3v) is 4.59. The Bertz CT molecular complexity index is 990. The molecule has 27 heavy (non-hydrogen) atoms. The van der Waals surface area contributed by atoms with Gasteiger partial charge < -0.3 is 15.0 Å².